The van der Waals surface area contributed by atoms with Gasteiger partial charge >= 0.3 is 11.5 Å². The number of aryl methyl sites for hydroxylation is 3. The van der Waals surface area contributed by atoms with E-state index in [0.717, 1.165) is 11.5 Å². The summed E-state index contributed by atoms with van der Waals surface area (Å²) < 4.78 is 9.73. The lowest BCUT2D eigenvalue weighted by Crippen LogP contribution is -1.75. The second kappa shape index (κ2) is 3.03. The fourth-order valence-electron chi connectivity index (χ4n) is 1.94. The summed E-state index contributed by atoms with van der Waals surface area (Å²) in [4.78, 5) is 1.38. The lowest BCUT2D eigenvalue weighted by Gasteiger charge is -1.86. The highest BCUT2D eigenvalue weighted by atomic mass is 32.1. The first-order valence-electron chi connectivity index (χ1n) is 4.88. The van der Waals surface area contributed by atoms with E-state index >= 15 is 0 Å². The van der Waals surface area contributed by atoms with Gasteiger partial charge in [-0.2, -0.15) is 0 Å². The summed E-state index contributed by atoms with van der Waals surface area (Å²) in [5, 5.41) is 1.36. The summed E-state index contributed by atoms with van der Waals surface area (Å²) in [7, 11) is 0. The molecule has 0 aliphatic heterocycles. The zero-order valence-electron chi connectivity index (χ0n) is 8.88. The first-order valence-corrected chi connectivity index (χ1v) is 6.51. The van der Waals surface area contributed by atoms with Crippen molar-refractivity contribution in [2.75, 3.05) is 0 Å². The van der Waals surface area contributed by atoms with Crippen molar-refractivity contribution >= 4 is 42.2 Å². The van der Waals surface area contributed by atoms with Gasteiger partial charge in [0.25, 0.3) is 0 Å². The van der Waals surface area contributed by atoms with Crippen LogP contribution >= 0.6 is 22.7 Å². The number of fused-ring (bicyclic) bond motifs is 3. The molecular weight excluding hydrogens is 224 g/mol. The molecule has 1 nitrogen and oxygen atoms in total. The van der Waals surface area contributed by atoms with Gasteiger partial charge in [-0.1, -0.05) is 0 Å². The van der Waals surface area contributed by atoms with Crippen LogP contribution in [0, 0.1) is 20.8 Å². The molecule has 0 bridgehead atoms. The van der Waals surface area contributed by atoms with Crippen molar-refractivity contribution in [3.63, 3.8) is 0 Å². The molecule has 0 amide bonds. The zero-order valence-corrected chi connectivity index (χ0v) is 10.5. The van der Waals surface area contributed by atoms with Gasteiger partial charge in [0.2, 0.25) is 0 Å². The van der Waals surface area contributed by atoms with Gasteiger partial charge in [-0.3, -0.25) is 0 Å². The Balaban J connectivity index is 2.57. The first-order chi connectivity index (χ1) is 7.15. The molecule has 0 saturated heterocycles. The van der Waals surface area contributed by atoms with Crippen LogP contribution in [0.15, 0.2) is 16.5 Å². The van der Waals surface area contributed by atoms with E-state index in [1.54, 1.807) is 0 Å². The molecule has 15 heavy (non-hydrogen) atoms. The average Bonchev–Trinajstić information content (AvgIpc) is 2.63. The Morgan fingerprint density at radius 1 is 1.00 bits per heavy atom. The summed E-state index contributed by atoms with van der Waals surface area (Å²) in [5.74, 6) is 2.03. The third-order valence-electron chi connectivity index (χ3n) is 2.50. The number of hydrogen-bond acceptors (Lipinski definition) is 2. The highest BCUT2D eigenvalue weighted by molar-refractivity contribution is 7.32. The van der Waals surface area contributed by atoms with Gasteiger partial charge in [-0.25, -0.2) is 4.42 Å². The van der Waals surface area contributed by atoms with Gasteiger partial charge in [-0.15, -0.1) is 22.7 Å². The van der Waals surface area contributed by atoms with Gasteiger partial charge in [0.05, 0.1) is 18.5 Å². The third-order valence-corrected chi connectivity index (χ3v) is 4.97. The second-order valence-corrected chi connectivity index (χ2v) is 6.12. The first kappa shape index (κ1) is 9.31. The third kappa shape index (κ3) is 1.30. The molecule has 3 heterocycles. The quantitative estimate of drug-likeness (QED) is 0.504. The normalized spacial score (nSPS) is 11.7. The largest absolute Gasteiger partial charge is 0.344 e. The Morgan fingerprint density at radius 2 is 1.80 bits per heavy atom. The summed E-state index contributed by atoms with van der Waals surface area (Å²) >= 11 is 3.71. The number of rotatable bonds is 0. The fourth-order valence-corrected chi connectivity index (χ4v) is 4.37. The van der Waals surface area contributed by atoms with Crippen LogP contribution in [0.1, 0.15) is 16.4 Å². The Bertz CT molecular complexity index is 661. The van der Waals surface area contributed by atoms with Crippen LogP contribution in [-0.2, 0) is 0 Å². The Morgan fingerprint density at radius 3 is 2.60 bits per heavy atom. The van der Waals surface area contributed by atoms with E-state index in [0.29, 0.717) is 0 Å². The standard InChI is InChI=1S/C12H11OS2/c1-6-4-9-11(8(3)13-6)15-10-5-7(2)14-12(9)10/h4-5H,1-3H3/q+1. The zero-order chi connectivity index (χ0) is 10.6. The Labute approximate surface area is 96.0 Å². The smallest absolute Gasteiger partial charge is 0.217 e. The van der Waals surface area contributed by atoms with Crippen LogP contribution in [0.25, 0.3) is 19.5 Å². The molecule has 0 saturated carbocycles. The molecule has 0 radical (unpaired) electrons. The molecule has 3 rings (SSSR count). The van der Waals surface area contributed by atoms with Crippen LogP contribution in [0.2, 0.25) is 0 Å². The van der Waals surface area contributed by atoms with Crippen LogP contribution in [0.4, 0.5) is 0 Å². The van der Waals surface area contributed by atoms with Gasteiger partial charge < -0.3 is 0 Å². The summed E-state index contributed by atoms with van der Waals surface area (Å²) in [6.07, 6.45) is 0. The SMILES string of the molecule is Cc1cc2c(sc3cc(C)sc32)c(C)[o+]1. The van der Waals surface area contributed by atoms with Gasteiger partial charge in [0.15, 0.2) is 0 Å². The minimum atomic E-state index is 0.991. The van der Waals surface area contributed by atoms with Crippen molar-refractivity contribution in [2.24, 2.45) is 0 Å². The maximum absolute atomic E-state index is 5.63. The molecule has 0 aliphatic rings. The fraction of sp³-hybridized carbons (Fsp3) is 0.250. The summed E-state index contributed by atoms with van der Waals surface area (Å²) in [6, 6.07) is 4.41. The van der Waals surface area contributed by atoms with Crippen molar-refractivity contribution in [1.82, 2.24) is 0 Å². The topological polar surface area (TPSA) is 11.3 Å². The predicted octanol–water partition coefficient (Wildman–Crippen LogP) is 4.92. The molecule has 3 aromatic rings. The molecule has 0 atom stereocenters. The minimum absolute atomic E-state index is 0.991. The van der Waals surface area contributed by atoms with E-state index in [4.69, 9.17) is 4.42 Å². The molecule has 0 N–H and O–H groups in total. The van der Waals surface area contributed by atoms with E-state index in [1.807, 2.05) is 36.5 Å². The van der Waals surface area contributed by atoms with Crippen molar-refractivity contribution in [2.45, 2.75) is 20.8 Å². The average molecular weight is 235 g/mol. The van der Waals surface area contributed by atoms with Crippen LogP contribution in [0.5, 0.6) is 0 Å². The van der Waals surface area contributed by atoms with Crippen molar-refractivity contribution < 1.29 is 4.42 Å². The highest BCUT2D eigenvalue weighted by Crippen LogP contribution is 2.40. The Kier molecular flexibility index (Phi) is 1.88. The van der Waals surface area contributed by atoms with Gasteiger partial charge in [0, 0.05) is 21.0 Å². The number of thiophene rings is 2. The van der Waals surface area contributed by atoms with E-state index in [-0.39, 0.29) is 0 Å². The van der Waals surface area contributed by atoms with Crippen LogP contribution in [0.3, 0.4) is 0 Å². The minimum Gasteiger partial charge on any atom is -0.217 e. The van der Waals surface area contributed by atoms with Crippen molar-refractivity contribution in [3.8, 4) is 0 Å². The van der Waals surface area contributed by atoms with Crippen molar-refractivity contribution in [3.05, 3.63) is 28.5 Å². The monoisotopic (exact) mass is 235 g/mol. The maximum atomic E-state index is 5.63. The predicted molar refractivity (Wildman–Crippen MR) is 68.1 cm³/mol. The van der Waals surface area contributed by atoms with Crippen LogP contribution < -0.4 is 0 Å². The molecule has 0 aromatic carbocycles. The molecule has 0 spiro atoms. The molecule has 3 heteroatoms. The second-order valence-electron chi connectivity index (χ2n) is 3.81. The molecule has 3 aromatic heterocycles. The summed E-state index contributed by atoms with van der Waals surface area (Å²) in [6.45, 7) is 6.22. The van der Waals surface area contributed by atoms with Crippen molar-refractivity contribution in [1.29, 1.82) is 0 Å². The molecule has 0 unspecified atom stereocenters. The number of hydrogen-bond donors (Lipinski definition) is 0. The molecule has 0 fully saturated rings. The van der Waals surface area contributed by atoms with Crippen LogP contribution in [-0.4, -0.2) is 0 Å². The van der Waals surface area contributed by atoms with E-state index in [9.17, 15) is 0 Å². The lowest BCUT2D eigenvalue weighted by molar-refractivity contribution is 0.495. The molecule has 0 aliphatic carbocycles. The molecule has 76 valence electrons. The summed E-state index contributed by atoms with van der Waals surface area (Å²) in [5.41, 5.74) is 0. The van der Waals surface area contributed by atoms with E-state index in [2.05, 4.69) is 19.1 Å². The molecular formula is C12H11OS2+. The van der Waals surface area contributed by atoms with Gasteiger partial charge in [0.1, 0.15) is 4.70 Å². The highest BCUT2D eigenvalue weighted by Gasteiger charge is 2.17. The van der Waals surface area contributed by atoms with E-state index in [1.165, 1.54) is 24.4 Å². The lowest BCUT2D eigenvalue weighted by atomic mass is 10.2. The maximum Gasteiger partial charge on any atom is 0.344 e. The van der Waals surface area contributed by atoms with Gasteiger partial charge in [-0.05, 0) is 13.0 Å². The van der Waals surface area contributed by atoms with E-state index < -0.39 is 0 Å². The Hall–Kier alpha value is -0.930.